The Bertz CT molecular complexity index is 1580. The van der Waals surface area contributed by atoms with E-state index in [0.29, 0.717) is 41.1 Å². The normalized spacial score (nSPS) is 19.8. The van der Waals surface area contributed by atoms with Gasteiger partial charge in [0.1, 0.15) is 12.3 Å². The fraction of sp³-hybridized carbons (Fsp3) is 0.576. The first-order valence-electron chi connectivity index (χ1n) is 15.9. The van der Waals surface area contributed by atoms with Crippen molar-refractivity contribution in [3.05, 3.63) is 47.3 Å². The van der Waals surface area contributed by atoms with Crippen LogP contribution in [0.3, 0.4) is 0 Å². The van der Waals surface area contributed by atoms with E-state index in [0.717, 1.165) is 31.5 Å². The maximum Gasteiger partial charge on any atom is 0.707 e. The number of methoxy groups -OCH3 is 1. The number of rotatable bonds is 11. The van der Waals surface area contributed by atoms with Gasteiger partial charge in [-0.05, 0) is 74.0 Å². The lowest BCUT2D eigenvalue weighted by Crippen LogP contribution is -2.49. The zero-order chi connectivity index (χ0) is 34.1. The fourth-order valence-corrected chi connectivity index (χ4v) is 6.87. The first-order chi connectivity index (χ1) is 22.2. The van der Waals surface area contributed by atoms with Crippen molar-refractivity contribution in [3.63, 3.8) is 0 Å². The van der Waals surface area contributed by atoms with Crippen LogP contribution in [0.4, 0.5) is 13.2 Å². The summed E-state index contributed by atoms with van der Waals surface area (Å²) in [6, 6.07) is 6.62. The number of esters is 1. The summed E-state index contributed by atoms with van der Waals surface area (Å²) in [5.41, 5.74) is 2.39. The third kappa shape index (κ3) is 8.29. The molecule has 0 amide bonds. The zero-order valence-electron chi connectivity index (χ0n) is 27.5. The van der Waals surface area contributed by atoms with E-state index >= 15 is 0 Å². The number of morpholine rings is 1. The fourth-order valence-electron chi connectivity index (χ4n) is 6.87. The number of carbonyl (C=O) groups is 1. The van der Waals surface area contributed by atoms with Crippen LogP contribution in [0.5, 0.6) is 5.75 Å². The van der Waals surface area contributed by atoms with E-state index in [1.807, 2.05) is 26.1 Å². The first-order valence-corrected chi connectivity index (χ1v) is 15.9. The van der Waals surface area contributed by atoms with Gasteiger partial charge in [0.25, 0.3) is 0 Å². The van der Waals surface area contributed by atoms with Gasteiger partial charge in [-0.3, -0.25) is 14.7 Å². The molecule has 10 nitrogen and oxygen atoms in total. The molecule has 47 heavy (non-hydrogen) atoms. The number of alkyl halides is 3. The SMILES string of the molecule is CO[C@@H](C)c1ncc([C@@H]2CCN3CCOC[C@@H]3C2)cc1-c1c(CC(C)(C)COC(C)=O)c2cc(OB(O)O)ccc2n1CC(F)(F)F. The Labute approximate surface area is 272 Å². The van der Waals surface area contributed by atoms with Crippen molar-refractivity contribution >= 4 is 24.2 Å². The molecule has 2 aliphatic rings. The van der Waals surface area contributed by atoms with Gasteiger partial charge < -0.3 is 33.5 Å². The molecule has 2 N–H and O–H groups in total. The van der Waals surface area contributed by atoms with Gasteiger partial charge >= 0.3 is 19.5 Å². The Morgan fingerprint density at radius 3 is 2.66 bits per heavy atom. The van der Waals surface area contributed by atoms with E-state index in [4.69, 9.17) is 23.8 Å². The van der Waals surface area contributed by atoms with Crippen molar-refractivity contribution in [1.29, 1.82) is 0 Å². The highest BCUT2D eigenvalue weighted by molar-refractivity contribution is 6.33. The van der Waals surface area contributed by atoms with E-state index in [1.54, 1.807) is 6.92 Å². The summed E-state index contributed by atoms with van der Waals surface area (Å²) < 4.78 is 66.4. The van der Waals surface area contributed by atoms with Crippen LogP contribution >= 0.6 is 0 Å². The summed E-state index contributed by atoms with van der Waals surface area (Å²) in [5, 5.41) is 19.4. The highest BCUT2D eigenvalue weighted by Gasteiger charge is 2.36. The third-order valence-electron chi connectivity index (χ3n) is 9.12. The van der Waals surface area contributed by atoms with E-state index < -0.39 is 37.5 Å². The molecule has 2 saturated heterocycles. The van der Waals surface area contributed by atoms with E-state index in [2.05, 4.69) is 4.90 Å². The quantitative estimate of drug-likeness (QED) is 0.216. The number of fused-ring (bicyclic) bond motifs is 2. The molecule has 0 aliphatic carbocycles. The van der Waals surface area contributed by atoms with Crippen LogP contribution in [-0.4, -0.2) is 90.0 Å². The van der Waals surface area contributed by atoms with Crippen LogP contribution in [-0.2, 0) is 32.0 Å². The summed E-state index contributed by atoms with van der Waals surface area (Å²) in [4.78, 5) is 19.0. The molecule has 2 aliphatic heterocycles. The van der Waals surface area contributed by atoms with Crippen molar-refractivity contribution in [2.45, 2.75) is 77.7 Å². The minimum Gasteiger partial charge on any atom is -0.512 e. The Hall–Kier alpha value is -3.17. The van der Waals surface area contributed by atoms with Gasteiger partial charge in [0.15, 0.2) is 0 Å². The number of piperidine rings is 1. The molecular formula is C33H43BF3N3O7. The Morgan fingerprint density at radius 1 is 1.21 bits per heavy atom. The molecule has 0 saturated carbocycles. The molecule has 0 unspecified atom stereocenters. The largest absolute Gasteiger partial charge is 0.707 e. The van der Waals surface area contributed by atoms with Crippen LogP contribution in [0.1, 0.15) is 69.4 Å². The summed E-state index contributed by atoms with van der Waals surface area (Å²) in [6.45, 7) is 8.73. The van der Waals surface area contributed by atoms with Crippen molar-refractivity contribution in [2.75, 3.05) is 40.0 Å². The molecule has 0 spiro atoms. The number of aromatic nitrogens is 2. The molecule has 0 radical (unpaired) electrons. The molecule has 256 valence electrons. The highest BCUT2D eigenvalue weighted by atomic mass is 19.4. The summed E-state index contributed by atoms with van der Waals surface area (Å²) in [5.74, 6) is -0.263. The molecule has 2 aromatic heterocycles. The van der Waals surface area contributed by atoms with E-state index in [9.17, 15) is 28.0 Å². The predicted molar refractivity (Wildman–Crippen MR) is 170 cm³/mol. The number of hydrogen-bond acceptors (Lipinski definition) is 9. The molecule has 0 bridgehead atoms. The summed E-state index contributed by atoms with van der Waals surface area (Å²) >= 11 is 0. The molecular weight excluding hydrogens is 618 g/mol. The van der Waals surface area contributed by atoms with Crippen LogP contribution in [0.2, 0.25) is 0 Å². The lowest BCUT2D eigenvalue weighted by Gasteiger charge is -2.42. The highest BCUT2D eigenvalue weighted by Crippen LogP contribution is 2.44. The molecule has 4 heterocycles. The van der Waals surface area contributed by atoms with Crippen LogP contribution < -0.4 is 4.65 Å². The molecule has 14 heteroatoms. The number of halogens is 3. The van der Waals surface area contributed by atoms with Crippen molar-refractivity contribution in [1.82, 2.24) is 14.5 Å². The average Bonchev–Trinajstić information content (AvgIpc) is 3.28. The molecule has 3 atom stereocenters. The third-order valence-corrected chi connectivity index (χ3v) is 9.12. The Balaban J connectivity index is 1.75. The van der Waals surface area contributed by atoms with Gasteiger partial charge in [0.05, 0.1) is 37.3 Å². The second-order valence-electron chi connectivity index (χ2n) is 13.3. The molecule has 2 fully saturated rings. The smallest absolute Gasteiger partial charge is 0.512 e. The first kappa shape index (κ1) is 35.2. The van der Waals surface area contributed by atoms with Gasteiger partial charge in [0.2, 0.25) is 0 Å². The Morgan fingerprint density at radius 2 is 1.98 bits per heavy atom. The van der Waals surface area contributed by atoms with Crippen LogP contribution in [0, 0.1) is 5.41 Å². The minimum absolute atomic E-state index is 0.0287. The van der Waals surface area contributed by atoms with E-state index in [1.165, 1.54) is 36.8 Å². The second kappa shape index (κ2) is 14.1. The van der Waals surface area contributed by atoms with Crippen molar-refractivity contribution in [3.8, 4) is 17.0 Å². The topological polar surface area (TPSA) is 116 Å². The minimum atomic E-state index is -4.58. The maximum absolute atomic E-state index is 14.4. The van der Waals surface area contributed by atoms with E-state index in [-0.39, 0.29) is 36.3 Å². The molecule has 1 aromatic carbocycles. The van der Waals surface area contributed by atoms with Gasteiger partial charge in [0, 0.05) is 54.7 Å². The van der Waals surface area contributed by atoms with Gasteiger partial charge in [-0.25, -0.2) is 0 Å². The van der Waals surface area contributed by atoms with Gasteiger partial charge in [-0.1, -0.05) is 13.8 Å². The average molecular weight is 662 g/mol. The standard InChI is InChI=1S/C33H43BF3N3O7/c1-20(44-5)30-27(13-23(16-38-30)22-8-9-39-10-11-45-17-24(39)12-22)31-28(15-32(3,4)19-46-21(2)41)26-14-25(47-34(42)43)6-7-29(26)40(31)18-33(35,36)37/h6-7,13-14,16,20,22,24,42-43H,8-12,15,17-19H2,1-5H3/t20-,22+,24-/m0/s1. The molecule has 5 rings (SSSR count). The zero-order valence-corrected chi connectivity index (χ0v) is 27.5. The van der Waals surface area contributed by atoms with Crippen LogP contribution in [0.15, 0.2) is 30.5 Å². The monoisotopic (exact) mass is 661 g/mol. The number of pyridine rings is 1. The Kier molecular flexibility index (Phi) is 10.6. The van der Waals surface area contributed by atoms with Gasteiger partial charge in [-0.2, -0.15) is 13.2 Å². The maximum atomic E-state index is 14.4. The number of benzene rings is 1. The predicted octanol–water partition coefficient (Wildman–Crippen LogP) is 5.03. The van der Waals surface area contributed by atoms with Crippen LogP contribution in [0.25, 0.3) is 22.2 Å². The molecule has 3 aromatic rings. The lowest BCUT2D eigenvalue weighted by atomic mass is 9.82. The van der Waals surface area contributed by atoms with Crippen molar-refractivity contribution in [2.24, 2.45) is 5.41 Å². The number of nitrogens with zero attached hydrogens (tertiary/aromatic N) is 3. The number of carbonyl (C=O) groups excluding carboxylic acids is 1. The van der Waals surface area contributed by atoms with Gasteiger partial charge in [-0.15, -0.1) is 0 Å². The lowest BCUT2D eigenvalue weighted by molar-refractivity contribution is -0.144. The number of hydrogen-bond donors (Lipinski definition) is 2. The number of ether oxygens (including phenoxy) is 3. The second-order valence-corrected chi connectivity index (χ2v) is 13.3. The van der Waals surface area contributed by atoms with Crippen molar-refractivity contribution < 1.29 is 46.9 Å². The summed E-state index contributed by atoms with van der Waals surface area (Å²) in [7, 11) is -0.592. The summed E-state index contributed by atoms with van der Waals surface area (Å²) in [6.07, 6.45) is -1.37.